The van der Waals surface area contributed by atoms with E-state index in [0.717, 1.165) is 31.2 Å². The summed E-state index contributed by atoms with van der Waals surface area (Å²) >= 11 is 0. The molecule has 0 bridgehead atoms. The number of carboxylic acid groups (broad SMARTS) is 1. The van der Waals surface area contributed by atoms with E-state index in [0.29, 0.717) is 11.3 Å². The van der Waals surface area contributed by atoms with Crippen LogP contribution < -0.4 is 10.1 Å². The molecule has 0 spiro atoms. The Morgan fingerprint density at radius 2 is 1.77 bits per heavy atom. The largest absolute Gasteiger partial charge is 0.490 e. The number of carbonyl (C=O) groups is 1. The SMILES string of the molecule is CC(C)(C)C1CCC(Oc2ccc3cc(CNCC(=O)O)ccc3c2C(F)(F)F)CC1. The first-order valence-electron chi connectivity index (χ1n) is 10.7. The van der Waals surface area contributed by atoms with Gasteiger partial charge in [0.15, 0.2) is 0 Å². The van der Waals surface area contributed by atoms with E-state index in [9.17, 15) is 18.0 Å². The molecule has 170 valence electrons. The summed E-state index contributed by atoms with van der Waals surface area (Å²) in [6, 6.07) is 7.73. The summed E-state index contributed by atoms with van der Waals surface area (Å²) in [6.07, 6.45) is -1.33. The van der Waals surface area contributed by atoms with Crippen molar-refractivity contribution in [1.82, 2.24) is 5.32 Å². The smallest absolute Gasteiger partial charge is 0.420 e. The third-order valence-electron chi connectivity index (χ3n) is 6.13. The fourth-order valence-electron chi connectivity index (χ4n) is 4.40. The van der Waals surface area contributed by atoms with Crippen molar-refractivity contribution in [3.63, 3.8) is 0 Å². The molecule has 0 radical (unpaired) electrons. The summed E-state index contributed by atoms with van der Waals surface area (Å²) in [5, 5.41) is 12.0. The van der Waals surface area contributed by atoms with E-state index in [2.05, 4.69) is 26.1 Å². The number of alkyl halides is 3. The lowest BCUT2D eigenvalue weighted by molar-refractivity contribution is -0.138. The van der Waals surface area contributed by atoms with E-state index < -0.39 is 17.7 Å². The lowest BCUT2D eigenvalue weighted by atomic mass is 9.72. The number of carboxylic acids is 1. The Balaban J connectivity index is 1.82. The van der Waals surface area contributed by atoms with Gasteiger partial charge in [-0.25, -0.2) is 0 Å². The normalized spacial score (nSPS) is 20.1. The molecule has 1 aliphatic rings. The van der Waals surface area contributed by atoms with Crippen LogP contribution in [-0.2, 0) is 17.5 Å². The van der Waals surface area contributed by atoms with E-state index in [-0.39, 0.29) is 35.7 Å². The van der Waals surface area contributed by atoms with Gasteiger partial charge in [-0.3, -0.25) is 4.79 Å². The summed E-state index contributed by atoms with van der Waals surface area (Å²) in [5.41, 5.74) is 0.172. The first kappa shape index (κ1) is 23.4. The average Bonchev–Trinajstić information content (AvgIpc) is 2.66. The van der Waals surface area contributed by atoms with Gasteiger partial charge in [-0.1, -0.05) is 39.0 Å². The van der Waals surface area contributed by atoms with Gasteiger partial charge in [0.2, 0.25) is 0 Å². The maximum absolute atomic E-state index is 14.0. The van der Waals surface area contributed by atoms with Crippen LogP contribution in [0.15, 0.2) is 30.3 Å². The Hall–Kier alpha value is -2.28. The van der Waals surface area contributed by atoms with Crippen molar-refractivity contribution in [2.45, 2.75) is 65.3 Å². The van der Waals surface area contributed by atoms with Crippen LogP contribution in [0, 0.1) is 11.3 Å². The minimum atomic E-state index is -4.54. The lowest BCUT2D eigenvalue weighted by Crippen LogP contribution is -2.31. The second-order valence-corrected chi connectivity index (χ2v) is 9.45. The number of hydrogen-bond donors (Lipinski definition) is 2. The average molecular weight is 438 g/mol. The molecule has 1 aliphatic carbocycles. The van der Waals surface area contributed by atoms with Crippen molar-refractivity contribution < 1.29 is 27.8 Å². The third-order valence-corrected chi connectivity index (χ3v) is 6.13. The van der Waals surface area contributed by atoms with Gasteiger partial charge in [0, 0.05) is 6.54 Å². The van der Waals surface area contributed by atoms with Crippen molar-refractivity contribution in [3.05, 3.63) is 41.5 Å². The fraction of sp³-hybridized carbons (Fsp3) is 0.542. The molecule has 0 unspecified atom stereocenters. The second kappa shape index (κ2) is 9.07. The van der Waals surface area contributed by atoms with Gasteiger partial charge >= 0.3 is 12.1 Å². The maximum atomic E-state index is 14.0. The maximum Gasteiger partial charge on any atom is 0.420 e. The second-order valence-electron chi connectivity index (χ2n) is 9.45. The van der Waals surface area contributed by atoms with Crippen molar-refractivity contribution >= 4 is 16.7 Å². The van der Waals surface area contributed by atoms with Crippen molar-refractivity contribution in [3.8, 4) is 5.75 Å². The van der Waals surface area contributed by atoms with Crippen LogP contribution in [0.2, 0.25) is 0 Å². The van der Waals surface area contributed by atoms with Gasteiger partial charge in [0.25, 0.3) is 0 Å². The number of nitrogens with one attached hydrogen (secondary N) is 1. The summed E-state index contributed by atoms with van der Waals surface area (Å²) in [4.78, 5) is 10.6. The van der Waals surface area contributed by atoms with Crippen LogP contribution in [0.25, 0.3) is 10.8 Å². The van der Waals surface area contributed by atoms with Crippen molar-refractivity contribution in [2.75, 3.05) is 6.54 Å². The molecule has 31 heavy (non-hydrogen) atoms. The highest BCUT2D eigenvalue weighted by atomic mass is 19.4. The monoisotopic (exact) mass is 437 g/mol. The fourth-order valence-corrected chi connectivity index (χ4v) is 4.40. The summed E-state index contributed by atoms with van der Waals surface area (Å²) < 4.78 is 47.9. The molecule has 0 atom stereocenters. The minimum Gasteiger partial charge on any atom is -0.490 e. The summed E-state index contributed by atoms with van der Waals surface area (Å²) in [5.74, 6) is -0.548. The highest BCUT2D eigenvalue weighted by molar-refractivity contribution is 5.89. The predicted octanol–water partition coefficient (Wildman–Crippen LogP) is 6.02. The molecule has 0 saturated heterocycles. The van der Waals surface area contributed by atoms with Crippen LogP contribution in [0.5, 0.6) is 5.75 Å². The number of benzene rings is 2. The van der Waals surface area contributed by atoms with Crippen LogP contribution in [0.4, 0.5) is 13.2 Å². The lowest BCUT2D eigenvalue weighted by Gasteiger charge is -2.37. The number of ether oxygens (including phenoxy) is 1. The van der Waals surface area contributed by atoms with Crippen LogP contribution in [0.3, 0.4) is 0 Å². The van der Waals surface area contributed by atoms with Crippen molar-refractivity contribution in [2.24, 2.45) is 11.3 Å². The molecule has 7 heteroatoms. The number of hydrogen-bond acceptors (Lipinski definition) is 3. The van der Waals surface area contributed by atoms with Crippen LogP contribution in [-0.4, -0.2) is 23.7 Å². The van der Waals surface area contributed by atoms with Gasteiger partial charge in [0.05, 0.1) is 12.6 Å². The molecule has 1 saturated carbocycles. The van der Waals surface area contributed by atoms with Gasteiger partial charge in [-0.2, -0.15) is 13.2 Å². The molecule has 3 rings (SSSR count). The summed E-state index contributed by atoms with van der Waals surface area (Å²) in [7, 11) is 0. The molecule has 2 aromatic rings. The molecular weight excluding hydrogens is 407 g/mol. The minimum absolute atomic E-state index is 0.0929. The number of fused-ring (bicyclic) bond motifs is 1. The van der Waals surface area contributed by atoms with E-state index in [4.69, 9.17) is 9.84 Å². The molecule has 2 aromatic carbocycles. The predicted molar refractivity (Wildman–Crippen MR) is 114 cm³/mol. The molecule has 1 fully saturated rings. The zero-order valence-electron chi connectivity index (χ0n) is 18.2. The molecule has 4 nitrogen and oxygen atoms in total. The van der Waals surface area contributed by atoms with Crippen LogP contribution >= 0.6 is 0 Å². The Bertz CT molecular complexity index is 926. The third kappa shape index (κ3) is 5.91. The zero-order valence-corrected chi connectivity index (χ0v) is 18.2. The zero-order chi connectivity index (χ0) is 22.8. The molecule has 0 heterocycles. The van der Waals surface area contributed by atoms with E-state index in [1.54, 1.807) is 18.2 Å². The van der Waals surface area contributed by atoms with E-state index >= 15 is 0 Å². The van der Waals surface area contributed by atoms with Crippen molar-refractivity contribution in [1.29, 1.82) is 0 Å². The Morgan fingerprint density at radius 1 is 1.10 bits per heavy atom. The molecular formula is C24H30F3NO3. The van der Waals surface area contributed by atoms with Gasteiger partial charge in [0.1, 0.15) is 11.3 Å². The van der Waals surface area contributed by atoms with E-state index in [1.165, 1.54) is 12.1 Å². The highest BCUT2D eigenvalue weighted by Crippen LogP contribution is 2.44. The van der Waals surface area contributed by atoms with Crippen LogP contribution in [0.1, 0.15) is 57.6 Å². The topological polar surface area (TPSA) is 58.6 Å². The Kier molecular flexibility index (Phi) is 6.84. The standard InChI is InChI=1S/C24H30F3NO3/c1-23(2,3)17-6-8-18(9-7-17)31-20-11-5-16-12-15(13-28-14-21(29)30)4-10-19(16)22(20)24(25,26)27/h4-5,10-12,17-18,28H,6-9,13-14H2,1-3H3,(H,29,30). The molecule has 0 aliphatic heterocycles. The van der Waals surface area contributed by atoms with E-state index in [1.807, 2.05) is 0 Å². The Morgan fingerprint density at radius 3 is 2.35 bits per heavy atom. The first-order valence-corrected chi connectivity index (χ1v) is 10.7. The number of rotatable bonds is 6. The molecule has 0 aromatic heterocycles. The quantitative estimate of drug-likeness (QED) is 0.581. The van der Waals surface area contributed by atoms with Gasteiger partial charge < -0.3 is 15.2 Å². The van der Waals surface area contributed by atoms with Gasteiger partial charge in [-0.15, -0.1) is 0 Å². The Labute approximate surface area is 180 Å². The number of halogens is 3. The highest BCUT2D eigenvalue weighted by Gasteiger charge is 2.38. The first-order chi connectivity index (χ1) is 14.4. The molecule has 0 amide bonds. The van der Waals surface area contributed by atoms with Gasteiger partial charge in [-0.05, 0) is 65.5 Å². The molecule has 2 N–H and O–H groups in total. The summed E-state index contributed by atoms with van der Waals surface area (Å²) in [6.45, 7) is 6.66. The number of aliphatic carboxylic acids is 1.